The maximum atomic E-state index is 11.6. The van der Waals surface area contributed by atoms with Crippen molar-refractivity contribution in [2.45, 2.75) is 19.6 Å². The van der Waals surface area contributed by atoms with Crippen LogP contribution in [0.25, 0.3) is 0 Å². The van der Waals surface area contributed by atoms with Gasteiger partial charge < -0.3 is 30.1 Å². The molecular weight excluding hydrogens is 301 g/mol. The number of nitrogens with zero attached hydrogens (tertiary/aromatic N) is 3. The fourth-order valence-electron chi connectivity index (χ4n) is 1.55. The Bertz CT molecular complexity index is 566. The van der Waals surface area contributed by atoms with Gasteiger partial charge in [0.1, 0.15) is 6.35 Å². The number of ether oxygens (including phenoxy) is 1. The average Bonchev–Trinajstić information content (AvgIpc) is 2.78. The van der Waals surface area contributed by atoms with Crippen LogP contribution in [0.2, 0.25) is 0 Å². The largest absolute Gasteiger partial charge is 0.390 e. The van der Waals surface area contributed by atoms with E-state index in [-0.39, 0.29) is 18.1 Å². The van der Waals surface area contributed by atoms with Crippen LogP contribution in [0.3, 0.4) is 0 Å². The highest BCUT2D eigenvalue weighted by molar-refractivity contribution is 7.51. The first kappa shape index (κ1) is 17.3. The van der Waals surface area contributed by atoms with E-state index in [9.17, 15) is 9.36 Å². The molecule has 1 heterocycles. The van der Waals surface area contributed by atoms with E-state index in [4.69, 9.17) is 20.3 Å². The second-order valence-corrected chi connectivity index (χ2v) is 5.79. The Morgan fingerprint density at radius 2 is 2.38 bits per heavy atom. The summed E-state index contributed by atoms with van der Waals surface area (Å²) in [6.45, 7) is 1.84. The Hall–Kier alpha value is -1.74. The van der Waals surface area contributed by atoms with E-state index in [1.165, 1.54) is 17.9 Å². The number of nitrogens with two attached hydrogens (primary N) is 1. The monoisotopic (exact) mass is 319 g/mol. The molecule has 21 heavy (non-hydrogen) atoms. The lowest BCUT2D eigenvalue weighted by molar-refractivity contribution is 0.0760. The minimum Gasteiger partial charge on any atom is -0.390 e. The quantitative estimate of drug-likeness (QED) is 0.297. The number of nitrogens with one attached hydrogen (secondary N) is 1. The molecule has 1 aromatic rings. The molecule has 1 rings (SSSR count). The van der Waals surface area contributed by atoms with Crippen LogP contribution in [0.1, 0.15) is 17.4 Å². The van der Waals surface area contributed by atoms with Crippen LogP contribution >= 0.6 is 7.60 Å². The molecule has 0 bridgehead atoms. The molecule has 1 atom stereocenters. The lowest BCUT2D eigenvalue weighted by Gasteiger charge is -2.15. The number of rotatable bonds is 7. The fourth-order valence-corrected chi connectivity index (χ4v) is 2.00. The highest BCUT2D eigenvalue weighted by Gasteiger charge is 2.19. The number of aromatic nitrogens is 2. The summed E-state index contributed by atoms with van der Waals surface area (Å²) in [5.74, 6) is -0.179. The van der Waals surface area contributed by atoms with Gasteiger partial charge in [0.05, 0.1) is 25.3 Å². The van der Waals surface area contributed by atoms with Gasteiger partial charge in [0.2, 0.25) is 0 Å². The number of amides is 1. The number of carbonyl (C=O) groups excluding carboxylic acids is 1. The summed E-state index contributed by atoms with van der Waals surface area (Å²) in [6, 6.07) is 0. The first-order valence-electron chi connectivity index (χ1n) is 5.96. The van der Waals surface area contributed by atoms with Gasteiger partial charge in [-0.3, -0.25) is 9.36 Å². The third-order valence-corrected chi connectivity index (χ3v) is 2.92. The second-order valence-electron chi connectivity index (χ2n) is 4.20. The number of hydrogen-bond donors (Lipinski definition) is 4. The zero-order chi connectivity index (χ0) is 16.0. The predicted molar refractivity (Wildman–Crippen MR) is 75.4 cm³/mol. The standard InChI is InChI=1S/C10H18N5O5P/c1-7(20-6-21(17,18)19)3-15-5-14-8(10(16)12-2)9(15)13-4-11/h4-5,7H,3,6H2,1-2H3,(H2,11,13)(H,12,16)(H2,17,18,19)/t7-/m1/s1. The van der Waals surface area contributed by atoms with Crippen LogP contribution in [-0.4, -0.2) is 51.1 Å². The van der Waals surface area contributed by atoms with Crippen LogP contribution in [0.5, 0.6) is 0 Å². The minimum absolute atomic E-state index is 0.0985. The van der Waals surface area contributed by atoms with Crippen LogP contribution < -0.4 is 11.1 Å². The Morgan fingerprint density at radius 1 is 1.71 bits per heavy atom. The first-order valence-corrected chi connectivity index (χ1v) is 7.76. The summed E-state index contributed by atoms with van der Waals surface area (Å²) in [5, 5.41) is 2.43. The molecule has 0 aliphatic heterocycles. The second kappa shape index (κ2) is 7.32. The number of imidazole rings is 1. The van der Waals surface area contributed by atoms with Crippen molar-refractivity contribution in [1.29, 1.82) is 0 Å². The van der Waals surface area contributed by atoms with Gasteiger partial charge in [-0.15, -0.1) is 0 Å². The SMILES string of the molecule is CNC(=O)c1ncn(C[C@@H](C)OCP(=O)(O)O)c1N=CN. The van der Waals surface area contributed by atoms with Crippen molar-refractivity contribution in [3.63, 3.8) is 0 Å². The Labute approximate surface area is 121 Å². The van der Waals surface area contributed by atoms with Crippen LogP contribution in [0.15, 0.2) is 11.3 Å². The molecule has 0 aromatic carbocycles. The van der Waals surface area contributed by atoms with Crippen molar-refractivity contribution < 1.29 is 23.9 Å². The summed E-state index contributed by atoms with van der Waals surface area (Å²) in [4.78, 5) is 37.0. The molecular formula is C10H18N5O5P. The Morgan fingerprint density at radius 3 is 2.90 bits per heavy atom. The van der Waals surface area contributed by atoms with Gasteiger partial charge in [-0.25, -0.2) is 9.98 Å². The lowest BCUT2D eigenvalue weighted by Crippen LogP contribution is -2.19. The van der Waals surface area contributed by atoms with Crippen LogP contribution in [-0.2, 0) is 15.8 Å². The van der Waals surface area contributed by atoms with E-state index < -0.39 is 26.0 Å². The van der Waals surface area contributed by atoms with Gasteiger partial charge in [-0.2, -0.15) is 0 Å². The highest BCUT2D eigenvalue weighted by atomic mass is 31.2. The molecule has 1 amide bonds. The van der Waals surface area contributed by atoms with Crippen molar-refractivity contribution >= 4 is 25.7 Å². The van der Waals surface area contributed by atoms with E-state index in [2.05, 4.69) is 15.3 Å². The van der Waals surface area contributed by atoms with Crippen molar-refractivity contribution in [1.82, 2.24) is 14.9 Å². The van der Waals surface area contributed by atoms with Gasteiger partial charge >= 0.3 is 7.60 Å². The van der Waals surface area contributed by atoms with E-state index in [1.807, 2.05) is 0 Å². The molecule has 1 aromatic heterocycles. The smallest absolute Gasteiger partial charge is 0.350 e. The van der Waals surface area contributed by atoms with Crippen LogP contribution in [0, 0.1) is 0 Å². The number of hydrogen-bond acceptors (Lipinski definition) is 5. The summed E-state index contributed by atoms with van der Waals surface area (Å²) in [7, 11) is -2.76. The normalized spacial score (nSPS) is 13.5. The molecule has 118 valence electrons. The van der Waals surface area contributed by atoms with Gasteiger partial charge in [0, 0.05) is 7.05 Å². The highest BCUT2D eigenvalue weighted by Crippen LogP contribution is 2.34. The topological polar surface area (TPSA) is 152 Å². The zero-order valence-corrected chi connectivity index (χ0v) is 12.5. The van der Waals surface area contributed by atoms with Gasteiger partial charge in [0.25, 0.3) is 5.91 Å². The molecule has 10 nitrogen and oxygen atoms in total. The molecule has 11 heteroatoms. The molecule has 0 radical (unpaired) electrons. The fraction of sp³-hybridized carbons (Fsp3) is 0.500. The van der Waals surface area contributed by atoms with E-state index >= 15 is 0 Å². The third kappa shape index (κ3) is 5.27. The summed E-state index contributed by atoms with van der Waals surface area (Å²) in [6.07, 6.45) is 1.21. The lowest BCUT2D eigenvalue weighted by atomic mass is 10.3. The summed E-state index contributed by atoms with van der Waals surface area (Å²) in [5.41, 5.74) is 5.35. The molecule has 5 N–H and O–H groups in total. The summed E-state index contributed by atoms with van der Waals surface area (Å²) >= 11 is 0. The number of carbonyl (C=O) groups is 1. The molecule has 0 aliphatic rings. The Balaban J connectivity index is 2.86. The van der Waals surface area contributed by atoms with Crippen LogP contribution in [0.4, 0.5) is 5.82 Å². The van der Waals surface area contributed by atoms with Crippen molar-refractivity contribution in [2.75, 3.05) is 13.4 Å². The average molecular weight is 319 g/mol. The Kier molecular flexibility index (Phi) is 6.03. The van der Waals surface area contributed by atoms with Gasteiger partial charge in [0.15, 0.2) is 11.5 Å². The van der Waals surface area contributed by atoms with Crippen molar-refractivity contribution in [2.24, 2.45) is 10.7 Å². The number of aliphatic imine (C=N–C) groups is 1. The first-order chi connectivity index (χ1) is 9.78. The van der Waals surface area contributed by atoms with E-state index in [0.29, 0.717) is 0 Å². The minimum atomic E-state index is -4.23. The van der Waals surface area contributed by atoms with E-state index in [1.54, 1.807) is 6.92 Å². The van der Waals surface area contributed by atoms with Gasteiger partial charge in [-0.05, 0) is 6.92 Å². The zero-order valence-electron chi connectivity index (χ0n) is 11.6. The van der Waals surface area contributed by atoms with Crippen molar-refractivity contribution in [3.8, 4) is 0 Å². The molecule has 0 saturated carbocycles. The summed E-state index contributed by atoms with van der Waals surface area (Å²) < 4.78 is 17.3. The van der Waals surface area contributed by atoms with Gasteiger partial charge in [-0.1, -0.05) is 0 Å². The van der Waals surface area contributed by atoms with E-state index in [0.717, 1.165) is 6.34 Å². The molecule has 0 spiro atoms. The molecule has 0 fully saturated rings. The third-order valence-electron chi connectivity index (χ3n) is 2.43. The molecule has 0 unspecified atom stereocenters. The van der Waals surface area contributed by atoms with Crippen molar-refractivity contribution in [3.05, 3.63) is 12.0 Å². The maximum absolute atomic E-state index is 11.6. The molecule has 0 aliphatic carbocycles. The molecule has 0 saturated heterocycles. The predicted octanol–water partition coefficient (Wildman–Crippen LogP) is -0.599. The maximum Gasteiger partial charge on any atom is 0.350 e.